The highest BCUT2D eigenvalue weighted by Gasteiger charge is 2.32. The molecule has 1 aliphatic heterocycles. The van der Waals surface area contributed by atoms with Crippen LogP contribution >= 0.6 is 24.0 Å². The van der Waals surface area contributed by atoms with Crippen LogP contribution in [0.2, 0.25) is 0 Å². The van der Waals surface area contributed by atoms with Crippen LogP contribution in [-0.4, -0.2) is 49.3 Å². The molecule has 154 valence electrons. The molecule has 6 nitrogen and oxygen atoms in total. The second kappa shape index (κ2) is 10.9. The van der Waals surface area contributed by atoms with Gasteiger partial charge < -0.3 is 25.2 Å². The average molecular weight is 503 g/mol. The Morgan fingerprint density at radius 3 is 2.56 bits per heavy atom. The van der Waals surface area contributed by atoms with Crippen molar-refractivity contribution in [3.8, 4) is 5.75 Å². The molecule has 0 radical (unpaired) electrons. The number of nitrogens with one attached hydrogen (secondary N) is 2. The molecule has 0 saturated carbocycles. The van der Waals surface area contributed by atoms with Gasteiger partial charge in [0.25, 0.3) is 0 Å². The van der Waals surface area contributed by atoms with Crippen molar-refractivity contribution in [2.24, 2.45) is 4.99 Å². The summed E-state index contributed by atoms with van der Waals surface area (Å²) in [6.07, 6.45) is -3.72. The van der Waals surface area contributed by atoms with E-state index in [2.05, 4.69) is 20.4 Å². The summed E-state index contributed by atoms with van der Waals surface area (Å²) in [4.78, 5) is 4.29. The van der Waals surface area contributed by atoms with E-state index in [4.69, 9.17) is 4.74 Å². The summed E-state index contributed by atoms with van der Waals surface area (Å²) in [7, 11) is 0. The lowest BCUT2D eigenvalue weighted by atomic mass is 9.94. The molecule has 3 N–H and O–H groups in total. The lowest BCUT2D eigenvalue weighted by Gasteiger charge is -2.32. The average Bonchev–Trinajstić information content (AvgIpc) is 2.58. The predicted octanol–water partition coefficient (Wildman–Crippen LogP) is 2.80. The number of alkyl halides is 3. The van der Waals surface area contributed by atoms with E-state index in [1.165, 1.54) is 18.2 Å². The van der Waals surface area contributed by atoms with Crippen LogP contribution in [0.5, 0.6) is 5.75 Å². The Labute approximate surface area is 173 Å². The van der Waals surface area contributed by atoms with E-state index < -0.39 is 12.0 Å². The number of aliphatic imine (C=N–C) groups is 1. The fraction of sp³-hybridized carbons (Fsp3) is 0.588. The lowest BCUT2D eigenvalue weighted by Crippen LogP contribution is -2.49. The number of hydrogen-bond acceptors (Lipinski definition) is 4. The van der Waals surface area contributed by atoms with Gasteiger partial charge in [-0.05, 0) is 13.0 Å². The van der Waals surface area contributed by atoms with E-state index in [0.717, 1.165) is 0 Å². The fourth-order valence-electron chi connectivity index (χ4n) is 2.54. The first kappa shape index (κ1) is 23.8. The first-order valence-corrected chi connectivity index (χ1v) is 8.47. The van der Waals surface area contributed by atoms with E-state index in [1.807, 2.05) is 6.92 Å². The van der Waals surface area contributed by atoms with E-state index in [0.29, 0.717) is 44.1 Å². The highest BCUT2D eigenvalue weighted by molar-refractivity contribution is 14.0. The Morgan fingerprint density at radius 2 is 1.93 bits per heavy atom. The molecule has 1 fully saturated rings. The number of aliphatic hydroxyl groups is 1. The maximum atomic E-state index is 12.5. The third kappa shape index (κ3) is 8.52. The Bertz CT molecular complexity index is 609. The molecule has 1 aliphatic rings. The molecule has 1 aromatic carbocycles. The van der Waals surface area contributed by atoms with Crippen molar-refractivity contribution in [3.63, 3.8) is 0 Å². The highest BCUT2D eigenvalue weighted by Crippen LogP contribution is 2.26. The third-order valence-corrected chi connectivity index (χ3v) is 3.96. The Balaban J connectivity index is 0.00000364. The molecule has 0 spiro atoms. The topological polar surface area (TPSA) is 75.1 Å². The molecular formula is C17H25F3IN3O3. The summed E-state index contributed by atoms with van der Waals surface area (Å²) < 4.78 is 46.7. The minimum Gasteiger partial charge on any atom is -0.405 e. The molecule has 0 atom stereocenters. The van der Waals surface area contributed by atoms with Gasteiger partial charge in [-0.2, -0.15) is 0 Å². The minimum atomic E-state index is -4.76. The number of nitrogens with zero attached hydrogens (tertiary/aromatic N) is 1. The van der Waals surface area contributed by atoms with Crippen molar-refractivity contribution in [1.29, 1.82) is 0 Å². The quantitative estimate of drug-likeness (QED) is 0.317. The molecule has 2 rings (SSSR count). The molecule has 27 heavy (non-hydrogen) atoms. The Morgan fingerprint density at radius 1 is 1.26 bits per heavy atom. The lowest BCUT2D eigenvalue weighted by molar-refractivity contribution is -0.274. The first-order valence-electron chi connectivity index (χ1n) is 8.47. The number of halogens is 4. The summed E-state index contributed by atoms with van der Waals surface area (Å²) in [6.45, 7) is 3.73. The second-order valence-corrected chi connectivity index (χ2v) is 6.04. The molecule has 0 aliphatic carbocycles. The number of benzene rings is 1. The van der Waals surface area contributed by atoms with Crippen LogP contribution in [0.15, 0.2) is 29.3 Å². The zero-order valence-electron chi connectivity index (χ0n) is 15.0. The van der Waals surface area contributed by atoms with Crippen LogP contribution in [0.25, 0.3) is 0 Å². The van der Waals surface area contributed by atoms with E-state index in [-0.39, 0.29) is 42.8 Å². The fourth-order valence-corrected chi connectivity index (χ4v) is 2.54. The largest absolute Gasteiger partial charge is 0.573 e. The number of guanidine groups is 1. The molecule has 1 saturated heterocycles. The summed E-state index contributed by atoms with van der Waals surface area (Å²) >= 11 is 0. The normalized spacial score (nSPS) is 17.0. The van der Waals surface area contributed by atoms with Gasteiger partial charge in [0.15, 0.2) is 5.96 Å². The molecule has 0 bridgehead atoms. The van der Waals surface area contributed by atoms with Gasteiger partial charge in [-0.15, -0.1) is 37.1 Å². The zero-order chi connectivity index (χ0) is 19.0. The van der Waals surface area contributed by atoms with Gasteiger partial charge in [-0.3, -0.25) is 0 Å². The standard InChI is InChI=1S/C17H24F3N3O3.HI/c1-2-21-15(23-12-16(24)7-9-25-10-8-16)22-11-13-5-3-4-6-14(13)26-17(18,19)20;/h3-6,24H,2,7-12H2,1H3,(H2,21,22,23);1H. The Hall–Kier alpha value is -1.27. The molecule has 10 heteroatoms. The maximum Gasteiger partial charge on any atom is 0.573 e. The number of rotatable bonds is 6. The van der Waals surface area contributed by atoms with E-state index in [9.17, 15) is 18.3 Å². The highest BCUT2D eigenvalue weighted by atomic mass is 127. The number of hydrogen-bond donors (Lipinski definition) is 3. The monoisotopic (exact) mass is 503 g/mol. The molecular weight excluding hydrogens is 478 g/mol. The second-order valence-electron chi connectivity index (χ2n) is 6.04. The maximum absolute atomic E-state index is 12.5. The van der Waals surface area contributed by atoms with Crippen molar-refractivity contribution in [2.45, 2.75) is 38.3 Å². The first-order chi connectivity index (χ1) is 12.3. The van der Waals surface area contributed by atoms with Crippen molar-refractivity contribution >= 4 is 29.9 Å². The Kier molecular flexibility index (Phi) is 9.60. The third-order valence-electron chi connectivity index (χ3n) is 3.96. The van der Waals surface area contributed by atoms with Crippen LogP contribution in [0, 0.1) is 0 Å². The van der Waals surface area contributed by atoms with Gasteiger partial charge in [0.2, 0.25) is 0 Å². The van der Waals surface area contributed by atoms with Gasteiger partial charge in [-0.25, -0.2) is 4.99 Å². The van der Waals surface area contributed by atoms with Crippen molar-refractivity contribution in [3.05, 3.63) is 29.8 Å². The van der Waals surface area contributed by atoms with Crippen LogP contribution in [-0.2, 0) is 11.3 Å². The van der Waals surface area contributed by atoms with E-state index in [1.54, 1.807) is 6.07 Å². The van der Waals surface area contributed by atoms with Crippen LogP contribution < -0.4 is 15.4 Å². The smallest absolute Gasteiger partial charge is 0.405 e. The number of para-hydroxylation sites is 1. The van der Waals surface area contributed by atoms with Crippen LogP contribution in [0.1, 0.15) is 25.3 Å². The van der Waals surface area contributed by atoms with Crippen molar-refractivity contribution in [2.75, 3.05) is 26.3 Å². The minimum absolute atomic E-state index is 0. The molecule has 0 unspecified atom stereocenters. The number of ether oxygens (including phenoxy) is 2. The van der Waals surface area contributed by atoms with Crippen molar-refractivity contribution in [1.82, 2.24) is 10.6 Å². The summed E-state index contributed by atoms with van der Waals surface area (Å²) in [5.41, 5.74) is -0.571. The van der Waals surface area contributed by atoms with E-state index >= 15 is 0 Å². The van der Waals surface area contributed by atoms with Crippen molar-refractivity contribution < 1.29 is 27.8 Å². The van der Waals surface area contributed by atoms with Crippen LogP contribution in [0.3, 0.4) is 0 Å². The molecule has 1 heterocycles. The van der Waals surface area contributed by atoms with Gasteiger partial charge in [0.1, 0.15) is 5.75 Å². The SMILES string of the molecule is CCNC(=NCc1ccccc1OC(F)(F)F)NCC1(O)CCOCC1.I. The summed E-state index contributed by atoms with van der Waals surface area (Å²) in [5, 5.41) is 16.5. The van der Waals surface area contributed by atoms with Gasteiger partial charge in [0, 0.05) is 44.7 Å². The van der Waals surface area contributed by atoms with Crippen LogP contribution in [0.4, 0.5) is 13.2 Å². The zero-order valence-corrected chi connectivity index (χ0v) is 17.3. The molecule has 0 amide bonds. The van der Waals surface area contributed by atoms with Gasteiger partial charge in [0.05, 0.1) is 12.1 Å². The van der Waals surface area contributed by atoms with Gasteiger partial charge in [-0.1, -0.05) is 18.2 Å². The summed E-state index contributed by atoms with van der Waals surface area (Å²) in [6, 6.07) is 5.88. The van der Waals surface area contributed by atoms with Gasteiger partial charge >= 0.3 is 6.36 Å². The summed E-state index contributed by atoms with van der Waals surface area (Å²) in [5.74, 6) is 0.136. The molecule has 1 aromatic rings. The molecule has 0 aromatic heterocycles. The predicted molar refractivity (Wildman–Crippen MR) is 106 cm³/mol.